The van der Waals surface area contributed by atoms with Crippen molar-refractivity contribution in [3.63, 3.8) is 0 Å². The smallest absolute Gasteiger partial charge is 0.414 e. The minimum Gasteiger partial charge on any atom is -0.497 e. The number of ether oxygens (including phenoxy) is 2. The lowest BCUT2D eigenvalue weighted by Crippen LogP contribution is -2.48. The van der Waals surface area contributed by atoms with Crippen LogP contribution >= 0.6 is 11.6 Å². The molecule has 1 amide bonds. The summed E-state index contributed by atoms with van der Waals surface area (Å²) in [6, 6.07) is 13.2. The minimum absolute atomic E-state index is 0.000376. The maximum absolute atomic E-state index is 12.8. The predicted molar refractivity (Wildman–Crippen MR) is 117 cm³/mol. The molecule has 1 saturated heterocycles. The molecule has 1 heterocycles. The number of piperazine rings is 1. The number of hydrogen-bond donors (Lipinski definition) is 2. The standard InChI is InChI=1S/C20H23ClN2O3.C2H2O4/c1-25-17-11-16(12-18(13-17)26-2)20(24)23-9-7-22(8-10-23)14-15-5-3-4-6-19(15)21;3-1(4)2(5)6/h3-6,11-13H,7-10,14H2,1-2H3;(H,3,4)(H,5,6). The van der Waals surface area contributed by atoms with Crippen molar-refractivity contribution in [3.8, 4) is 11.5 Å². The van der Waals surface area contributed by atoms with Crippen molar-refractivity contribution in [1.82, 2.24) is 9.80 Å². The summed E-state index contributed by atoms with van der Waals surface area (Å²) in [5.74, 6) is -2.42. The lowest BCUT2D eigenvalue weighted by molar-refractivity contribution is -0.159. The number of carboxylic acid groups (broad SMARTS) is 2. The molecule has 172 valence electrons. The van der Waals surface area contributed by atoms with Gasteiger partial charge in [0, 0.05) is 49.4 Å². The Labute approximate surface area is 190 Å². The predicted octanol–water partition coefficient (Wildman–Crippen LogP) is 2.47. The Morgan fingerprint density at radius 1 is 0.906 bits per heavy atom. The van der Waals surface area contributed by atoms with E-state index >= 15 is 0 Å². The van der Waals surface area contributed by atoms with Gasteiger partial charge in [0.1, 0.15) is 11.5 Å². The summed E-state index contributed by atoms with van der Waals surface area (Å²) < 4.78 is 10.5. The van der Waals surface area contributed by atoms with Gasteiger partial charge in [0.25, 0.3) is 5.91 Å². The number of amides is 1. The van der Waals surface area contributed by atoms with Crippen LogP contribution in [0.2, 0.25) is 5.02 Å². The van der Waals surface area contributed by atoms with Crippen LogP contribution in [0.25, 0.3) is 0 Å². The second-order valence-corrected chi connectivity index (χ2v) is 7.28. The van der Waals surface area contributed by atoms with Gasteiger partial charge >= 0.3 is 11.9 Å². The van der Waals surface area contributed by atoms with Crippen molar-refractivity contribution in [3.05, 3.63) is 58.6 Å². The van der Waals surface area contributed by atoms with Crippen LogP contribution in [-0.2, 0) is 16.1 Å². The summed E-state index contributed by atoms with van der Waals surface area (Å²) >= 11 is 6.24. The van der Waals surface area contributed by atoms with E-state index in [2.05, 4.69) is 4.90 Å². The van der Waals surface area contributed by atoms with Gasteiger partial charge in [-0.25, -0.2) is 9.59 Å². The zero-order valence-corrected chi connectivity index (χ0v) is 18.5. The van der Waals surface area contributed by atoms with E-state index in [-0.39, 0.29) is 5.91 Å². The van der Waals surface area contributed by atoms with E-state index in [1.165, 1.54) is 0 Å². The second kappa shape index (κ2) is 11.9. The fourth-order valence-corrected chi connectivity index (χ4v) is 3.29. The number of carboxylic acids is 2. The third kappa shape index (κ3) is 7.14. The van der Waals surface area contributed by atoms with E-state index in [0.717, 1.165) is 30.2 Å². The largest absolute Gasteiger partial charge is 0.497 e. The third-order valence-electron chi connectivity index (χ3n) is 4.79. The Kier molecular flexibility index (Phi) is 9.30. The Morgan fingerprint density at radius 2 is 1.44 bits per heavy atom. The highest BCUT2D eigenvalue weighted by molar-refractivity contribution is 6.31. The molecule has 3 rings (SSSR count). The first kappa shape index (κ1) is 25.0. The van der Waals surface area contributed by atoms with Crippen LogP contribution in [-0.4, -0.2) is 78.3 Å². The number of benzene rings is 2. The van der Waals surface area contributed by atoms with Gasteiger partial charge in [-0.15, -0.1) is 0 Å². The molecule has 0 saturated carbocycles. The molecule has 1 aliphatic rings. The monoisotopic (exact) mass is 464 g/mol. The molecular formula is C22H25ClN2O7. The highest BCUT2D eigenvalue weighted by Gasteiger charge is 2.23. The molecule has 10 heteroatoms. The van der Waals surface area contributed by atoms with Crippen LogP contribution in [0.15, 0.2) is 42.5 Å². The normalized spacial score (nSPS) is 13.5. The number of nitrogens with zero attached hydrogens (tertiary/aromatic N) is 2. The number of hydrogen-bond acceptors (Lipinski definition) is 6. The molecule has 0 bridgehead atoms. The molecule has 1 fully saturated rings. The quantitative estimate of drug-likeness (QED) is 0.648. The molecule has 1 aliphatic heterocycles. The molecular weight excluding hydrogens is 440 g/mol. The molecule has 0 unspecified atom stereocenters. The van der Waals surface area contributed by atoms with E-state index in [4.69, 9.17) is 40.9 Å². The van der Waals surface area contributed by atoms with E-state index < -0.39 is 11.9 Å². The second-order valence-electron chi connectivity index (χ2n) is 6.87. The van der Waals surface area contributed by atoms with Gasteiger partial charge in [0.05, 0.1) is 14.2 Å². The first-order chi connectivity index (χ1) is 15.2. The summed E-state index contributed by atoms with van der Waals surface area (Å²) in [5, 5.41) is 15.6. The molecule has 0 aliphatic carbocycles. The minimum atomic E-state index is -1.82. The van der Waals surface area contributed by atoms with Crippen molar-refractivity contribution in [2.45, 2.75) is 6.54 Å². The third-order valence-corrected chi connectivity index (χ3v) is 5.16. The van der Waals surface area contributed by atoms with Gasteiger partial charge in [0.15, 0.2) is 0 Å². The zero-order valence-electron chi connectivity index (χ0n) is 17.8. The topological polar surface area (TPSA) is 117 Å². The fourth-order valence-electron chi connectivity index (χ4n) is 3.09. The molecule has 2 aromatic rings. The number of rotatable bonds is 5. The van der Waals surface area contributed by atoms with Crippen LogP contribution in [0.3, 0.4) is 0 Å². The summed E-state index contributed by atoms with van der Waals surface area (Å²) in [5.41, 5.74) is 1.70. The average molecular weight is 465 g/mol. The molecule has 0 radical (unpaired) electrons. The van der Waals surface area contributed by atoms with Gasteiger partial charge in [-0.3, -0.25) is 9.69 Å². The van der Waals surface area contributed by atoms with Crippen LogP contribution in [0.1, 0.15) is 15.9 Å². The Hall–Kier alpha value is -3.30. The van der Waals surface area contributed by atoms with Crippen molar-refractivity contribution in [1.29, 1.82) is 0 Å². The summed E-state index contributed by atoms with van der Waals surface area (Å²) in [6.07, 6.45) is 0. The van der Waals surface area contributed by atoms with Crippen molar-refractivity contribution >= 4 is 29.4 Å². The highest BCUT2D eigenvalue weighted by atomic mass is 35.5. The summed E-state index contributed by atoms with van der Waals surface area (Å²) in [4.78, 5) is 35.2. The number of aliphatic carboxylic acids is 2. The first-order valence-corrected chi connectivity index (χ1v) is 10.1. The highest BCUT2D eigenvalue weighted by Crippen LogP contribution is 2.24. The van der Waals surface area contributed by atoms with Crippen LogP contribution in [0, 0.1) is 0 Å². The molecule has 32 heavy (non-hydrogen) atoms. The van der Waals surface area contributed by atoms with Gasteiger partial charge in [0.2, 0.25) is 0 Å². The van der Waals surface area contributed by atoms with Gasteiger partial charge in [-0.1, -0.05) is 29.8 Å². The number of methoxy groups -OCH3 is 2. The Balaban J connectivity index is 0.000000534. The van der Waals surface area contributed by atoms with Gasteiger partial charge in [-0.2, -0.15) is 0 Å². The van der Waals surface area contributed by atoms with E-state index in [9.17, 15) is 4.79 Å². The maximum Gasteiger partial charge on any atom is 0.414 e. The Bertz CT molecular complexity index is 925. The van der Waals surface area contributed by atoms with Crippen molar-refractivity contribution in [2.24, 2.45) is 0 Å². The molecule has 0 atom stereocenters. The van der Waals surface area contributed by atoms with Gasteiger partial charge in [-0.05, 0) is 23.8 Å². The van der Waals surface area contributed by atoms with Gasteiger partial charge < -0.3 is 24.6 Å². The first-order valence-electron chi connectivity index (χ1n) is 9.69. The van der Waals surface area contributed by atoms with Crippen LogP contribution < -0.4 is 9.47 Å². The molecule has 2 N–H and O–H groups in total. The molecule has 0 aromatic heterocycles. The van der Waals surface area contributed by atoms with E-state index in [1.54, 1.807) is 32.4 Å². The van der Waals surface area contributed by atoms with Crippen molar-refractivity contribution < 1.29 is 34.1 Å². The fraction of sp³-hybridized carbons (Fsp3) is 0.318. The van der Waals surface area contributed by atoms with Crippen molar-refractivity contribution in [2.75, 3.05) is 40.4 Å². The maximum atomic E-state index is 12.8. The number of carbonyl (C=O) groups is 3. The lowest BCUT2D eigenvalue weighted by Gasteiger charge is -2.35. The van der Waals surface area contributed by atoms with E-state index in [1.807, 2.05) is 29.2 Å². The molecule has 9 nitrogen and oxygen atoms in total. The van der Waals surface area contributed by atoms with Crippen LogP contribution in [0.4, 0.5) is 0 Å². The SMILES string of the molecule is COc1cc(OC)cc(C(=O)N2CCN(Cc3ccccc3Cl)CC2)c1.O=C(O)C(=O)O. The lowest BCUT2D eigenvalue weighted by atomic mass is 10.1. The Morgan fingerprint density at radius 3 is 1.91 bits per heavy atom. The molecule has 2 aromatic carbocycles. The summed E-state index contributed by atoms with van der Waals surface area (Å²) in [7, 11) is 3.16. The summed E-state index contributed by atoms with van der Waals surface area (Å²) in [6.45, 7) is 3.80. The number of halogens is 1. The number of carbonyl (C=O) groups excluding carboxylic acids is 1. The van der Waals surface area contributed by atoms with Crippen LogP contribution in [0.5, 0.6) is 11.5 Å². The average Bonchev–Trinajstić information content (AvgIpc) is 2.80. The molecule has 0 spiro atoms. The zero-order chi connectivity index (χ0) is 23.7. The van der Waals surface area contributed by atoms with E-state index in [0.29, 0.717) is 30.2 Å².